The zero-order chi connectivity index (χ0) is 21.6. The Hall–Kier alpha value is -2.34. The van der Waals surface area contributed by atoms with Crippen molar-refractivity contribution >= 4 is 28.8 Å². The smallest absolute Gasteiger partial charge is 0.243 e. The van der Waals surface area contributed by atoms with E-state index in [4.69, 9.17) is 0 Å². The summed E-state index contributed by atoms with van der Waals surface area (Å²) in [5.41, 5.74) is 2.33. The van der Waals surface area contributed by atoms with Crippen molar-refractivity contribution in [1.82, 2.24) is 10.2 Å². The Labute approximate surface area is 189 Å². The van der Waals surface area contributed by atoms with Crippen LogP contribution in [-0.2, 0) is 22.6 Å². The first-order valence-electron chi connectivity index (χ1n) is 11.5. The molecule has 1 saturated heterocycles. The Bertz CT molecular complexity index is 859. The number of hydrogen-bond acceptors (Lipinski definition) is 4. The molecule has 2 aromatic rings. The minimum absolute atomic E-state index is 0.0413. The molecule has 2 aliphatic rings. The predicted octanol–water partition coefficient (Wildman–Crippen LogP) is 4.37. The summed E-state index contributed by atoms with van der Waals surface area (Å²) in [5.74, 6) is 0.00985. The fourth-order valence-corrected chi connectivity index (χ4v) is 5.53. The zero-order valence-corrected chi connectivity index (χ0v) is 19.2. The SMILES string of the molecule is CN(c1ccc(CNC(=O)C2CCCN2C(=O)Cc2cccs2)cc1)C1CCCCC1. The highest BCUT2D eigenvalue weighted by molar-refractivity contribution is 7.10. The van der Waals surface area contributed by atoms with E-state index in [2.05, 4.69) is 41.5 Å². The molecule has 2 heterocycles. The first kappa shape index (κ1) is 21.9. The van der Waals surface area contributed by atoms with Gasteiger partial charge in [0.25, 0.3) is 0 Å². The molecule has 1 aromatic heterocycles. The van der Waals surface area contributed by atoms with E-state index in [0.717, 1.165) is 23.3 Å². The van der Waals surface area contributed by atoms with Crippen LogP contribution in [0, 0.1) is 0 Å². The molecule has 1 saturated carbocycles. The van der Waals surface area contributed by atoms with Crippen LogP contribution in [0.5, 0.6) is 0 Å². The second kappa shape index (κ2) is 10.3. The summed E-state index contributed by atoms with van der Waals surface area (Å²) < 4.78 is 0. The van der Waals surface area contributed by atoms with Crippen molar-refractivity contribution in [2.75, 3.05) is 18.5 Å². The van der Waals surface area contributed by atoms with Gasteiger partial charge >= 0.3 is 0 Å². The van der Waals surface area contributed by atoms with Crippen molar-refractivity contribution in [3.63, 3.8) is 0 Å². The summed E-state index contributed by atoms with van der Waals surface area (Å²) in [6.07, 6.45) is 8.58. The number of rotatable bonds is 7. The molecule has 2 amide bonds. The molecule has 31 heavy (non-hydrogen) atoms. The number of carbonyl (C=O) groups is 2. The summed E-state index contributed by atoms with van der Waals surface area (Å²) in [5, 5.41) is 5.03. The van der Waals surface area contributed by atoms with Gasteiger partial charge in [-0.1, -0.05) is 37.5 Å². The van der Waals surface area contributed by atoms with E-state index in [0.29, 0.717) is 25.6 Å². The van der Waals surface area contributed by atoms with Gasteiger partial charge in [-0.05, 0) is 54.8 Å². The number of thiophene rings is 1. The minimum atomic E-state index is -0.343. The normalized spacial score (nSPS) is 19.4. The molecule has 4 rings (SSSR count). The monoisotopic (exact) mass is 439 g/mol. The lowest BCUT2D eigenvalue weighted by atomic mass is 9.94. The number of anilines is 1. The molecule has 1 N–H and O–H groups in total. The van der Waals surface area contributed by atoms with Crippen LogP contribution >= 0.6 is 11.3 Å². The van der Waals surface area contributed by atoms with E-state index >= 15 is 0 Å². The van der Waals surface area contributed by atoms with Gasteiger partial charge in [0.1, 0.15) is 6.04 Å². The summed E-state index contributed by atoms with van der Waals surface area (Å²) in [6.45, 7) is 1.17. The fraction of sp³-hybridized carbons (Fsp3) is 0.520. The molecule has 0 bridgehead atoms. The van der Waals surface area contributed by atoms with Gasteiger partial charge < -0.3 is 15.1 Å². The maximum absolute atomic E-state index is 12.8. The van der Waals surface area contributed by atoms with Crippen LogP contribution < -0.4 is 10.2 Å². The maximum Gasteiger partial charge on any atom is 0.243 e. The Morgan fingerprint density at radius 3 is 2.55 bits per heavy atom. The first-order chi connectivity index (χ1) is 15.1. The van der Waals surface area contributed by atoms with E-state index in [1.165, 1.54) is 37.8 Å². The van der Waals surface area contributed by atoms with E-state index < -0.39 is 0 Å². The number of nitrogens with one attached hydrogen (secondary N) is 1. The van der Waals surface area contributed by atoms with Crippen LogP contribution in [0.1, 0.15) is 55.4 Å². The highest BCUT2D eigenvalue weighted by Gasteiger charge is 2.33. The largest absolute Gasteiger partial charge is 0.372 e. The average molecular weight is 440 g/mol. The minimum Gasteiger partial charge on any atom is -0.372 e. The Morgan fingerprint density at radius 1 is 1.06 bits per heavy atom. The lowest BCUT2D eigenvalue weighted by Crippen LogP contribution is -2.46. The summed E-state index contributed by atoms with van der Waals surface area (Å²) in [4.78, 5) is 30.7. The molecular formula is C25H33N3O2S. The maximum atomic E-state index is 12.8. The van der Waals surface area contributed by atoms with Crippen molar-refractivity contribution in [2.24, 2.45) is 0 Å². The molecular weight excluding hydrogens is 406 g/mol. The number of hydrogen-bond donors (Lipinski definition) is 1. The van der Waals surface area contributed by atoms with Gasteiger partial charge in [-0.3, -0.25) is 9.59 Å². The van der Waals surface area contributed by atoms with Gasteiger partial charge in [-0.25, -0.2) is 0 Å². The van der Waals surface area contributed by atoms with Crippen LogP contribution in [-0.4, -0.2) is 42.4 Å². The molecule has 1 atom stereocenters. The molecule has 0 spiro atoms. The third-order valence-electron chi connectivity index (χ3n) is 6.71. The van der Waals surface area contributed by atoms with E-state index in [9.17, 15) is 9.59 Å². The fourth-order valence-electron chi connectivity index (χ4n) is 4.84. The number of carbonyl (C=O) groups excluding carboxylic acids is 2. The van der Waals surface area contributed by atoms with Gasteiger partial charge in [0.2, 0.25) is 11.8 Å². The number of benzene rings is 1. The summed E-state index contributed by atoms with van der Waals surface area (Å²) >= 11 is 1.59. The molecule has 5 nitrogen and oxygen atoms in total. The molecule has 1 aliphatic heterocycles. The number of nitrogens with zero attached hydrogens (tertiary/aromatic N) is 2. The molecule has 6 heteroatoms. The van der Waals surface area contributed by atoms with Gasteiger partial charge in [0.15, 0.2) is 0 Å². The first-order valence-corrected chi connectivity index (χ1v) is 12.4. The van der Waals surface area contributed by atoms with Crippen molar-refractivity contribution in [1.29, 1.82) is 0 Å². The van der Waals surface area contributed by atoms with Crippen molar-refractivity contribution in [3.05, 3.63) is 52.2 Å². The summed E-state index contributed by atoms with van der Waals surface area (Å²) in [6, 6.07) is 12.7. The highest BCUT2D eigenvalue weighted by Crippen LogP contribution is 2.26. The molecule has 2 fully saturated rings. The Morgan fingerprint density at radius 2 is 1.84 bits per heavy atom. The molecule has 1 aliphatic carbocycles. The molecule has 0 radical (unpaired) electrons. The topological polar surface area (TPSA) is 52.7 Å². The van der Waals surface area contributed by atoms with Gasteiger partial charge in [-0.2, -0.15) is 0 Å². The second-order valence-electron chi connectivity index (χ2n) is 8.79. The van der Waals surface area contributed by atoms with Crippen LogP contribution in [0.3, 0.4) is 0 Å². The third-order valence-corrected chi connectivity index (χ3v) is 7.59. The summed E-state index contributed by atoms with van der Waals surface area (Å²) in [7, 11) is 2.19. The Kier molecular flexibility index (Phi) is 7.28. The van der Waals surface area contributed by atoms with E-state index in [1.54, 1.807) is 16.2 Å². The number of amides is 2. The lowest BCUT2D eigenvalue weighted by Gasteiger charge is -2.33. The van der Waals surface area contributed by atoms with Crippen LogP contribution in [0.15, 0.2) is 41.8 Å². The van der Waals surface area contributed by atoms with Crippen LogP contribution in [0.4, 0.5) is 5.69 Å². The van der Waals surface area contributed by atoms with E-state index in [-0.39, 0.29) is 17.9 Å². The molecule has 1 unspecified atom stereocenters. The average Bonchev–Trinajstić information content (AvgIpc) is 3.50. The second-order valence-corrected chi connectivity index (χ2v) is 9.82. The van der Waals surface area contributed by atoms with Gasteiger partial charge in [-0.15, -0.1) is 11.3 Å². The van der Waals surface area contributed by atoms with Crippen molar-refractivity contribution in [2.45, 2.75) is 70.0 Å². The lowest BCUT2D eigenvalue weighted by molar-refractivity contribution is -0.138. The van der Waals surface area contributed by atoms with Gasteiger partial charge in [0, 0.05) is 36.7 Å². The van der Waals surface area contributed by atoms with Crippen molar-refractivity contribution in [3.8, 4) is 0 Å². The van der Waals surface area contributed by atoms with Gasteiger partial charge in [0.05, 0.1) is 6.42 Å². The predicted molar refractivity (Wildman–Crippen MR) is 126 cm³/mol. The zero-order valence-electron chi connectivity index (χ0n) is 18.4. The van der Waals surface area contributed by atoms with Crippen molar-refractivity contribution < 1.29 is 9.59 Å². The quantitative estimate of drug-likeness (QED) is 0.697. The highest BCUT2D eigenvalue weighted by atomic mass is 32.1. The molecule has 166 valence electrons. The molecule has 1 aromatic carbocycles. The van der Waals surface area contributed by atoms with E-state index in [1.807, 2.05) is 17.5 Å². The Balaban J connectivity index is 1.29. The number of likely N-dealkylation sites (tertiary alicyclic amines) is 1. The van der Waals surface area contributed by atoms with Crippen LogP contribution in [0.2, 0.25) is 0 Å². The van der Waals surface area contributed by atoms with Crippen LogP contribution in [0.25, 0.3) is 0 Å². The third kappa shape index (κ3) is 5.48. The standard InChI is InChI=1S/C25H33N3O2S/c1-27(20-7-3-2-4-8-20)21-13-11-19(12-14-21)18-26-25(30)23-10-5-15-28(23)24(29)17-22-9-6-16-31-22/h6,9,11-14,16,20,23H,2-5,7-8,10,15,17-18H2,1H3,(H,26,30).